The predicted molar refractivity (Wildman–Crippen MR) is 93.4 cm³/mol. The van der Waals surface area contributed by atoms with Gasteiger partial charge in [0.1, 0.15) is 5.82 Å². The Labute approximate surface area is 135 Å². The lowest BCUT2D eigenvalue weighted by Gasteiger charge is -2.20. The minimum Gasteiger partial charge on any atom is -0.354 e. The van der Waals surface area contributed by atoms with Crippen LogP contribution in [-0.4, -0.2) is 4.98 Å². The molecular formula is C20H20FNO. The van der Waals surface area contributed by atoms with Crippen LogP contribution in [0.5, 0.6) is 0 Å². The number of pyridine rings is 1. The molecule has 2 aromatic carbocycles. The fourth-order valence-corrected chi connectivity index (χ4v) is 2.80. The number of aromatic nitrogens is 1. The van der Waals surface area contributed by atoms with Crippen molar-refractivity contribution in [3.05, 3.63) is 69.6 Å². The quantitative estimate of drug-likeness (QED) is 0.678. The Balaban J connectivity index is 2.18. The molecule has 0 saturated heterocycles. The highest BCUT2D eigenvalue weighted by molar-refractivity contribution is 5.82. The van der Waals surface area contributed by atoms with Crippen molar-refractivity contribution < 1.29 is 4.39 Å². The van der Waals surface area contributed by atoms with Gasteiger partial charge in [0.05, 0.1) is 0 Å². The van der Waals surface area contributed by atoms with E-state index >= 15 is 0 Å². The fourth-order valence-electron chi connectivity index (χ4n) is 2.80. The number of aromatic amines is 1. The summed E-state index contributed by atoms with van der Waals surface area (Å²) in [7, 11) is 0. The van der Waals surface area contributed by atoms with Gasteiger partial charge in [-0.05, 0) is 41.7 Å². The Morgan fingerprint density at radius 3 is 2.39 bits per heavy atom. The fraction of sp³-hybridized carbons (Fsp3) is 0.250. The summed E-state index contributed by atoms with van der Waals surface area (Å²) in [6.07, 6.45) is 0. The number of aryl methyl sites for hydroxylation is 1. The molecule has 3 heteroatoms. The standard InChI is InChI=1S/C20H20FNO/c1-12-9-13(20(2,3)4)5-7-15(12)18-11-19(23)16-10-14(21)6-8-17(16)22-18/h5-11H,1-4H3,(H,22,23). The molecule has 1 N–H and O–H groups in total. The Morgan fingerprint density at radius 1 is 1.00 bits per heavy atom. The maximum absolute atomic E-state index is 13.3. The molecule has 0 fully saturated rings. The summed E-state index contributed by atoms with van der Waals surface area (Å²) in [6.45, 7) is 8.56. The summed E-state index contributed by atoms with van der Waals surface area (Å²) in [5.74, 6) is -0.401. The lowest BCUT2D eigenvalue weighted by molar-refractivity contribution is 0.590. The lowest BCUT2D eigenvalue weighted by Crippen LogP contribution is -2.11. The van der Waals surface area contributed by atoms with Gasteiger partial charge in [-0.3, -0.25) is 4.79 Å². The maximum Gasteiger partial charge on any atom is 0.190 e. The Bertz CT molecular complexity index is 948. The van der Waals surface area contributed by atoms with Crippen molar-refractivity contribution in [2.45, 2.75) is 33.1 Å². The first-order valence-corrected chi connectivity index (χ1v) is 7.70. The summed E-state index contributed by atoms with van der Waals surface area (Å²) < 4.78 is 13.3. The van der Waals surface area contributed by atoms with Crippen LogP contribution < -0.4 is 5.43 Å². The topological polar surface area (TPSA) is 32.9 Å². The molecule has 2 nitrogen and oxygen atoms in total. The van der Waals surface area contributed by atoms with E-state index in [-0.39, 0.29) is 10.8 Å². The second kappa shape index (κ2) is 5.34. The first-order valence-electron chi connectivity index (χ1n) is 7.70. The van der Waals surface area contributed by atoms with Crippen molar-refractivity contribution >= 4 is 10.9 Å². The molecule has 0 atom stereocenters. The molecular weight excluding hydrogens is 289 g/mol. The average Bonchev–Trinajstić information content (AvgIpc) is 2.47. The first-order chi connectivity index (χ1) is 10.8. The van der Waals surface area contributed by atoms with Gasteiger partial charge in [-0.2, -0.15) is 0 Å². The van der Waals surface area contributed by atoms with Crippen LogP contribution in [0.3, 0.4) is 0 Å². The van der Waals surface area contributed by atoms with E-state index < -0.39 is 5.82 Å². The van der Waals surface area contributed by atoms with Gasteiger partial charge >= 0.3 is 0 Å². The smallest absolute Gasteiger partial charge is 0.190 e. The van der Waals surface area contributed by atoms with E-state index in [1.54, 1.807) is 12.1 Å². The molecule has 0 aliphatic heterocycles. The minimum absolute atomic E-state index is 0.0810. The summed E-state index contributed by atoms with van der Waals surface area (Å²) in [5.41, 5.74) is 4.66. The molecule has 0 amide bonds. The molecule has 0 radical (unpaired) electrons. The van der Waals surface area contributed by atoms with E-state index in [0.29, 0.717) is 10.9 Å². The Kier molecular flexibility index (Phi) is 3.59. The molecule has 1 heterocycles. The zero-order valence-corrected chi connectivity index (χ0v) is 13.8. The highest BCUT2D eigenvalue weighted by Crippen LogP contribution is 2.28. The van der Waals surface area contributed by atoms with E-state index in [4.69, 9.17) is 0 Å². The number of hydrogen-bond donors (Lipinski definition) is 1. The van der Waals surface area contributed by atoms with Crippen LogP contribution in [0.4, 0.5) is 4.39 Å². The number of halogens is 1. The van der Waals surface area contributed by atoms with Crippen molar-refractivity contribution in [2.24, 2.45) is 0 Å². The molecule has 3 rings (SSSR count). The third-order valence-corrected chi connectivity index (χ3v) is 4.17. The summed E-state index contributed by atoms with van der Waals surface area (Å²) in [4.78, 5) is 15.5. The molecule has 0 bridgehead atoms. The van der Waals surface area contributed by atoms with Crippen LogP contribution in [0.15, 0.2) is 47.3 Å². The zero-order chi connectivity index (χ0) is 16.8. The monoisotopic (exact) mass is 309 g/mol. The third kappa shape index (κ3) is 2.91. The number of H-pyrrole nitrogens is 1. The highest BCUT2D eigenvalue weighted by atomic mass is 19.1. The van der Waals surface area contributed by atoms with Crippen LogP contribution in [0, 0.1) is 12.7 Å². The van der Waals surface area contributed by atoms with E-state index in [1.165, 1.54) is 17.7 Å². The second-order valence-electron chi connectivity index (χ2n) is 7.02. The van der Waals surface area contributed by atoms with Crippen LogP contribution >= 0.6 is 0 Å². The van der Waals surface area contributed by atoms with Crippen LogP contribution in [-0.2, 0) is 5.41 Å². The van der Waals surface area contributed by atoms with Gasteiger partial charge in [0.15, 0.2) is 5.43 Å². The van der Waals surface area contributed by atoms with E-state index in [9.17, 15) is 9.18 Å². The van der Waals surface area contributed by atoms with Crippen LogP contribution in [0.25, 0.3) is 22.2 Å². The van der Waals surface area contributed by atoms with Crippen molar-refractivity contribution in [3.8, 4) is 11.3 Å². The van der Waals surface area contributed by atoms with Gasteiger partial charge in [0.2, 0.25) is 0 Å². The Morgan fingerprint density at radius 2 is 1.74 bits per heavy atom. The molecule has 0 spiro atoms. The third-order valence-electron chi connectivity index (χ3n) is 4.17. The molecule has 23 heavy (non-hydrogen) atoms. The van der Waals surface area contributed by atoms with E-state index in [2.05, 4.69) is 37.9 Å². The molecule has 0 aliphatic carbocycles. The van der Waals surface area contributed by atoms with Crippen LogP contribution in [0.2, 0.25) is 0 Å². The number of benzene rings is 2. The van der Waals surface area contributed by atoms with Crippen molar-refractivity contribution in [3.63, 3.8) is 0 Å². The van der Waals surface area contributed by atoms with Gasteiger partial charge in [-0.1, -0.05) is 39.0 Å². The van der Waals surface area contributed by atoms with Crippen molar-refractivity contribution in [1.82, 2.24) is 4.98 Å². The number of fused-ring (bicyclic) bond motifs is 1. The summed E-state index contributed by atoms with van der Waals surface area (Å²) in [6, 6.07) is 12.1. The van der Waals surface area contributed by atoms with E-state index in [1.807, 2.05) is 13.0 Å². The second-order valence-corrected chi connectivity index (χ2v) is 7.02. The van der Waals surface area contributed by atoms with Crippen molar-refractivity contribution in [2.75, 3.05) is 0 Å². The van der Waals surface area contributed by atoms with Crippen LogP contribution in [0.1, 0.15) is 31.9 Å². The van der Waals surface area contributed by atoms with Gasteiger partial charge in [0, 0.05) is 28.2 Å². The highest BCUT2D eigenvalue weighted by Gasteiger charge is 2.15. The van der Waals surface area contributed by atoms with Crippen molar-refractivity contribution in [1.29, 1.82) is 0 Å². The van der Waals surface area contributed by atoms with E-state index in [0.717, 1.165) is 16.8 Å². The number of rotatable bonds is 1. The maximum atomic E-state index is 13.3. The van der Waals surface area contributed by atoms with Gasteiger partial charge in [-0.15, -0.1) is 0 Å². The summed E-state index contributed by atoms with van der Waals surface area (Å²) in [5, 5.41) is 0.373. The molecule has 0 aliphatic rings. The first kappa shape index (κ1) is 15.5. The molecule has 118 valence electrons. The number of hydrogen-bond acceptors (Lipinski definition) is 1. The normalized spacial score (nSPS) is 11.9. The summed E-state index contributed by atoms with van der Waals surface area (Å²) >= 11 is 0. The largest absolute Gasteiger partial charge is 0.354 e. The number of nitrogens with one attached hydrogen (secondary N) is 1. The average molecular weight is 309 g/mol. The molecule has 3 aromatic rings. The lowest BCUT2D eigenvalue weighted by atomic mass is 9.85. The molecule has 0 saturated carbocycles. The van der Waals surface area contributed by atoms with Gasteiger partial charge < -0.3 is 4.98 Å². The van der Waals surface area contributed by atoms with Gasteiger partial charge in [0.25, 0.3) is 0 Å². The SMILES string of the molecule is Cc1cc(C(C)(C)C)ccc1-c1cc(=O)c2cc(F)ccc2[nH]1. The predicted octanol–water partition coefficient (Wildman–Crippen LogP) is 4.94. The zero-order valence-electron chi connectivity index (χ0n) is 13.8. The molecule has 0 unspecified atom stereocenters. The minimum atomic E-state index is -0.401. The van der Waals surface area contributed by atoms with Gasteiger partial charge in [-0.25, -0.2) is 4.39 Å². The molecule has 1 aromatic heterocycles. The Hall–Kier alpha value is -2.42.